The lowest BCUT2D eigenvalue weighted by molar-refractivity contribution is -0.0580. The van der Waals surface area contributed by atoms with Crippen LogP contribution in [0.5, 0.6) is 0 Å². The van der Waals surface area contributed by atoms with Crippen LogP contribution in [0.4, 0.5) is 5.95 Å². The molecule has 0 amide bonds. The van der Waals surface area contributed by atoms with Crippen LogP contribution in [0.25, 0.3) is 11.0 Å². The van der Waals surface area contributed by atoms with Crippen molar-refractivity contribution >= 4 is 17.0 Å². The van der Waals surface area contributed by atoms with Gasteiger partial charge in [-0.05, 0) is 0 Å². The number of nitrogens with one attached hydrogen (secondary N) is 1. The van der Waals surface area contributed by atoms with Crippen molar-refractivity contribution in [3.8, 4) is 6.07 Å². The van der Waals surface area contributed by atoms with Gasteiger partial charge in [-0.3, -0.25) is 9.78 Å². The topological polar surface area (TPSA) is 159 Å². The van der Waals surface area contributed by atoms with Gasteiger partial charge in [0.25, 0.3) is 5.56 Å². The highest BCUT2D eigenvalue weighted by atomic mass is 16.6. The van der Waals surface area contributed by atoms with E-state index in [0.717, 1.165) is 0 Å². The summed E-state index contributed by atoms with van der Waals surface area (Å²) in [5.74, 6) is -0.113. The standard InChI is InChI=1S/C13H15N5O5/c1-22-9-8(20)6(4-19)23-12(9)18-3-5(2-14)7-10(18)16-13(15)17-11(7)21/h3,6,8-9,12,19-20H,4H2,1H3,(H3,15,16,17,21)/t6-,8?,9+,12-/m1/s1. The summed E-state index contributed by atoms with van der Waals surface area (Å²) in [5, 5.41) is 28.7. The SMILES string of the molecule is CO[C@H]1C(O)[C@@H](CO)O[C@H]1n1cc(C#N)c2c(=O)[nH]c(N)nc21. The Hall–Kier alpha value is -2.45. The van der Waals surface area contributed by atoms with Crippen molar-refractivity contribution in [1.29, 1.82) is 5.26 Å². The molecule has 0 bridgehead atoms. The minimum Gasteiger partial charge on any atom is -0.394 e. The van der Waals surface area contributed by atoms with Crippen LogP contribution < -0.4 is 11.3 Å². The van der Waals surface area contributed by atoms with Gasteiger partial charge in [0.05, 0.1) is 12.2 Å². The van der Waals surface area contributed by atoms with Crippen LogP contribution >= 0.6 is 0 Å². The monoisotopic (exact) mass is 321 g/mol. The molecule has 0 spiro atoms. The van der Waals surface area contributed by atoms with E-state index in [1.165, 1.54) is 17.9 Å². The summed E-state index contributed by atoms with van der Waals surface area (Å²) in [4.78, 5) is 18.4. The molecule has 0 aromatic carbocycles. The van der Waals surface area contributed by atoms with Crippen LogP contribution in [0.15, 0.2) is 11.0 Å². The Bertz CT molecular complexity index is 838. The molecule has 5 N–H and O–H groups in total. The molecule has 3 heterocycles. The molecule has 0 radical (unpaired) electrons. The van der Waals surface area contributed by atoms with Crippen molar-refractivity contribution < 1.29 is 19.7 Å². The van der Waals surface area contributed by atoms with Gasteiger partial charge in [-0.15, -0.1) is 0 Å². The second kappa shape index (κ2) is 5.64. The first-order valence-electron chi connectivity index (χ1n) is 6.79. The van der Waals surface area contributed by atoms with E-state index in [1.54, 1.807) is 0 Å². The zero-order valence-corrected chi connectivity index (χ0v) is 12.1. The highest BCUT2D eigenvalue weighted by molar-refractivity contribution is 5.83. The fourth-order valence-electron chi connectivity index (χ4n) is 2.80. The third-order valence-electron chi connectivity index (χ3n) is 3.86. The molecule has 4 atom stereocenters. The minimum atomic E-state index is -1.07. The first kappa shape index (κ1) is 15.4. The van der Waals surface area contributed by atoms with Crippen LogP contribution in [0.2, 0.25) is 0 Å². The molecule has 1 unspecified atom stereocenters. The summed E-state index contributed by atoms with van der Waals surface area (Å²) in [6, 6.07) is 1.91. The van der Waals surface area contributed by atoms with Gasteiger partial charge in [0.1, 0.15) is 29.8 Å². The van der Waals surface area contributed by atoms with E-state index < -0.39 is 36.7 Å². The molecule has 3 rings (SSSR count). The van der Waals surface area contributed by atoms with Gasteiger partial charge in [0.15, 0.2) is 11.9 Å². The van der Waals surface area contributed by atoms with E-state index in [9.17, 15) is 20.3 Å². The van der Waals surface area contributed by atoms with Crippen molar-refractivity contribution in [2.24, 2.45) is 0 Å². The largest absolute Gasteiger partial charge is 0.394 e. The van der Waals surface area contributed by atoms with Gasteiger partial charge in [-0.1, -0.05) is 0 Å². The number of ether oxygens (including phenoxy) is 2. The molecule has 1 fully saturated rings. The van der Waals surface area contributed by atoms with Crippen LogP contribution in [-0.2, 0) is 9.47 Å². The Labute approximate surface area is 129 Å². The molecule has 122 valence electrons. The third-order valence-corrected chi connectivity index (χ3v) is 3.86. The Balaban J connectivity index is 2.21. The maximum Gasteiger partial charge on any atom is 0.263 e. The van der Waals surface area contributed by atoms with Crippen LogP contribution in [0.1, 0.15) is 11.8 Å². The van der Waals surface area contributed by atoms with Gasteiger partial charge in [0.2, 0.25) is 5.95 Å². The predicted molar refractivity (Wildman–Crippen MR) is 77.3 cm³/mol. The highest BCUT2D eigenvalue weighted by Gasteiger charge is 2.45. The van der Waals surface area contributed by atoms with E-state index >= 15 is 0 Å². The van der Waals surface area contributed by atoms with Crippen LogP contribution in [0.3, 0.4) is 0 Å². The van der Waals surface area contributed by atoms with E-state index in [2.05, 4.69) is 9.97 Å². The lowest BCUT2D eigenvalue weighted by Gasteiger charge is -2.20. The number of rotatable bonds is 3. The zero-order valence-electron chi connectivity index (χ0n) is 12.1. The molecular formula is C13H15N5O5. The molecule has 10 heteroatoms. The van der Waals surface area contributed by atoms with Gasteiger partial charge < -0.3 is 30.0 Å². The Kier molecular flexibility index (Phi) is 3.78. The van der Waals surface area contributed by atoms with Gasteiger partial charge in [-0.2, -0.15) is 10.2 Å². The van der Waals surface area contributed by atoms with Gasteiger partial charge >= 0.3 is 0 Å². The molecule has 10 nitrogen and oxygen atoms in total. The fourth-order valence-corrected chi connectivity index (χ4v) is 2.80. The molecule has 2 aromatic rings. The van der Waals surface area contributed by atoms with E-state index in [4.69, 9.17) is 15.2 Å². The summed E-state index contributed by atoms with van der Waals surface area (Å²) in [6.45, 7) is -0.405. The summed E-state index contributed by atoms with van der Waals surface area (Å²) in [6.07, 6.45) is -2.22. The van der Waals surface area contributed by atoms with Crippen molar-refractivity contribution in [1.82, 2.24) is 14.5 Å². The van der Waals surface area contributed by atoms with E-state index in [0.29, 0.717) is 0 Å². The smallest absolute Gasteiger partial charge is 0.263 e. The summed E-state index contributed by atoms with van der Waals surface area (Å²) in [5.41, 5.74) is 5.25. The number of aliphatic hydroxyl groups excluding tert-OH is 2. The summed E-state index contributed by atoms with van der Waals surface area (Å²) >= 11 is 0. The molecule has 1 saturated heterocycles. The number of nitrogens with two attached hydrogens (primary N) is 1. The molecule has 0 saturated carbocycles. The van der Waals surface area contributed by atoms with Crippen molar-refractivity contribution in [3.63, 3.8) is 0 Å². The minimum absolute atomic E-state index is 0.0714. The maximum atomic E-state index is 12.0. The van der Waals surface area contributed by atoms with Crippen molar-refractivity contribution in [3.05, 3.63) is 22.1 Å². The van der Waals surface area contributed by atoms with Crippen LogP contribution in [-0.4, -0.2) is 56.8 Å². The number of methoxy groups -OCH3 is 1. The van der Waals surface area contributed by atoms with Gasteiger partial charge in [-0.25, -0.2) is 0 Å². The Morgan fingerprint density at radius 3 is 3.00 bits per heavy atom. The first-order valence-corrected chi connectivity index (χ1v) is 6.79. The molecule has 23 heavy (non-hydrogen) atoms. The Morgan fingerprint density at radius 2 is 2.39 bits per heavy atom. The lowest BCUT2D eigenvalue weighted by atomic mass is 10.1. The number of hydrogen-bond acceptors (Lipinski definition) is 8. The van der Waals surface area contributed by atoms with E-state index in [1.807, 2.05) is 6.07 Å². The number of aromatic nitrogens is 3. The number of nitriles is 1. The number of H-pyrrole nitrogens is 1. The fraction of sp³-hybridized carbons (Fsp3) is 0.462. The van der Waals surface area contributed by atoms with E-state index in [-0.39, 0.29) is 22.5 Å². The predicted octanol–water partition coefficient (Wildman–Crippen LogP) is -1.56. The number of nitrogens with zero attached hydrogens (tertiary/aromatic N) is 3. The summed E-state index contributed by atoms with van der Waals surface area (Å²) < 4.78 is 12.2. The lowest BCUT2D eigenvalue weighted by Crippen LogP contribution is -2.34. The molecule has 0 aliphatic carbocycles. The van der Waals surface area contributed by atoms with Crippen molar-refractivity contribution in [2.75, 3.05) is 19.5 Å². The average Bonchev–Trinajstić information content (AvgIpc) is 3.04. The van der Waals surface area contributed by atoms with Gasteiger partial charge in [0, 0.05) is 13.3 Å². The quantitative estimate of drug-likeness (QED) is 0.528. The average molecular weight is 321 g/mol. The van der Waals surface area contributed by atoms with Crippen molar-refractivity contribution in [2.45, 2.75) is 24.5 Å². The number of aliphatic hydroxyl groups is 2. The zero-order chi connectivity index (χ0) is 16.7. The first-order chi connectivity index (χ1) is 11.0. The molecular weight excluding hydrogens is 306 g/mol. The number of aromatic amines is 1. The third kappa shape index (κ3) is 2.27. The Morgan fingerprint density at radius 1 is 1.65 bits per heavy atom. The second-order valence-corrected chi connectivity index (χ2v) is 5.15. The second-order valence-electron chi connectivity index (χ2n) is 5.15. The number of nitrogen functional groups attached to an aromatic ring is 1. The number of anilines is 1. The maximum absolute atomic E-state index is 12.0. The molecule has 1 aliphatic rings. The normalized spacial score (nSPS) is 27.4. The molecule has 1 aliphatic heterocycles. The number of hydrogen-bond donors (Lipinski definition) is 4. The molecule has 2 aromatic heterocycles. The van der Waals surface area contributed by atoms with Crippen LogP contribution in [0, 0.1) is 11.3 Å². The number of fused-ring (bicyclic) bond motifs is 1. The summed E-state index contributed by atoms with van der Waals surface area (Å²) in [7, 11) is 1.38. The highest BCUT2D eigenvalue weighted by Crippen LogP contribution is 2.34.